The molecule has 1 aromatic carbocycles. The van der Waals surface area contributed by atoms with Gasteiger partial charge in [0.25, 0.3) is 0 Å². The van der Waals surface area contributed by atoms with E-state index in [2.05, 4.69) is 52.9 Å². The lowest BCUT2D eigenvalue weighted by Gasteiger charge is -2.31. The molecular formula is C15H23BrN2O. The SMILES string of the molecule is Cc1ccc(C(CN)N2CCCOC(C)C2)cc1Br. The van der Waals surface area contributed by atoms with Crippen molar-refractivity contribution < 1.29 is 4.74 Å². The maximum absolute atomic E-state index is 6.02. The molecule has 0 saturated carbocycles. The van der Waals surface area contributed by atoms with E-state index in [4.69, 9.17) is 10.5 Å². The van der Waals surface area contributed by atoms with Crippen LogP contribution in [0.4, 0.5) is 0 Å². The van der Waals surface area contributed by atoms with Crippen LogP contribution in [0.25, 0.3) is 0 Å². The zero-order valence-electron chi connectivity index (χ0n) is 11.7. The zero-order valence-corrected chi connectivity index (χ0v) is 13.3. The van der Waals surface area contributed by atoms with Crippen LogP contribution in [0.2, 0.25) is 0 Å². The molecule has 0 amide bonds. The van der Waals surface area contributed by atoms with Gasteiger partial charge in [-0.25, -0.2) is 0 Å². The molecule has 1 heterocycles. The molecule has 1 fully saturated rings. The molecule has 1 aromatic rings. The van der Waals surface area contributed by atoms with E-state index >= 15 is 0 Å². The summed E-state index contributed by atoms with van der Waals surface area (Å²) < 4.78 is 6.87. The molecule has 1 saturated heterocycles. The number of benzene rings is 1. The summed E-state index contributed by atoms with van der Waals surface area (Å²) in [5.74, 6) is 0. The maximum Gasteiger partial charge on any atom is 0.0674 e. The third-order valence-corrected chi connectivity index (χ3v) is 4.58. The first kappa shape index (κ1) is 15.0. The lowest BCUT2D eigenvalue weighted by molar-refractivity contribution is 0.0612. The summed E-state index contributed by atoms with van der Waals surface area (Å²) in [6.07, 6.45) is 1.36. The normalized spacial score (nSPS) is 23.1. The smallest absolute Gasteiger partial charge is 0.0674 e. The molecule has 0 radical (unpaired) electrons. The van der Waals surface area contributed by atoms with Crippen LogP contribution < -0.4 is 5.73 Å². The number of halogens is 1. The fourth-order valence-corrected chi connectivity index (χ4v) is 3.02. The van der Waals surface area contributed by atoms with Crippen LogP contribution in [-0.2, 0) is 4.74 Å². The third kappa shape index (κ3) is 3.78. The van der Waals surface area contributed by atoms with E-state index in [1.54, 1.807) is 0 Å². The Balaban J connectivity index is 2.20. The first-order chi connectivity index (χ1) is 9.11. The molecule has 2 rings (SSSR count). The van der Waals surface area contributed by atoms with Gasteiger partial charge in [0.15, 0.2) is 0 Å². The number of ether oxygens (including phenoxy) is 1. The first-order valence-corrected chi connectivity index (χ1v) is 7.73. The molecule has 1 aliphatic rings. The summed E-state index contributed by atoms with van der Waals surface area (Å²) in [6, 6.07) is 6.82. The van der Waals surface area contributed by atoms with E-state index in [-0.39, 0.29) is 12.1 Å². The zero-order chi connectivity index (χ0) is 13.8. The van der Waals surface area contributed by atoms with Crippen LogP contribution in [0.3, 0.4) is 0 Å². The average Bonchev–Trinajstić information content (AvgIpc) is 2.59. The topological polar surface area (TPSA) is 38.5 Å². The summed E-state index contributed by atoms with van der Waals surface area (Å²) in [5.41, 5.74) is 8.57. The molecule has 2 N–H and O–H groups in total. The van der Waals surface area contributed by atoms with Crippen LogP contribution in [-0.4, -0.2) is 37.2 Å². The molecule has 2 unspecified atom stereocenters. The third-order valence-electron chi connectivity index (χ3n) is 3.73. The molecule has 2 atom stereocenters. The molecular weight excluding hydrogens is 304 g/mol. The van der Waals surface area contributed by atoms with Crippen molar-refractivity contribution in [2.24, 2.45) is 5.73 Å². The van der Waals surface area contributed by atoms with Gasteiger partial charge in [0.2, 0.25) is 0 Å². The number of nitrogens with zero attached hydrogens (tertiary/aromatic N) is 1. The Labute approximate surface area is 124 Å². The van der Waals surface area contributed by atoms with E-state index in [0.717, 1.165) is 30.6 Å². The van der Waals surface area contributed by atoms with Crippen molar-refractivity contribution in [3.8, 4) is 0 Å². The highest BCUT2D eigenvalue weighted by Crippen LogP contribution is 2.26. The highest BCUT2D eigenvalue weighted by atomic mass is 79.9. The van der Waals surface area contributed by atoms with Crippen LogP contribution >= 0.6 is 15.9 Å². The largest absolute Gasteiger partial charge is 0.377 e. The standard InChI is InChI=1S/C15H23BrN2O/c1-11-4-5-13(8-14(11)16)15(9-17)18-6-3-7-19-12(2)10-18/h4-5,8,12,15H,3,6-7,9-10,17H2,1-2H3. The fraction of sp³-hybridized carbons (Fsp3) is 0.600. The van der Waals surface area contributed by atoms with Crippen LogP contribution in [0.15, 0.2) is 22.7 Å². The minimum atomic E-state index is 0.279. The van der Waals surface area contributed by atoms with Crippen molar-refractivity contribution in [2.45, 2.75) is 32.4 Å². The lowest BCUT2D eigenvalue weighted by atomic mass is 10.0. The molecule has 106 valence electrons. The Morgan fingerprint density at radius 3 is 3.00 bits per heavy atom. The number of hydrogen-bond acceptors (Lipinski definition) is 3. The highest BCUT2D eigenvalue weighted by molar-refractivity contribution is 9.10. The van der Waals surface area contributed by atoms with Crippen LogP contribution in [0.1, 0.15) is 30.5 Å². The van der Waals surface area contributed by atoms with Crippen molar-refractivity contribution >= 4 is 15.9 Å². The Kier molecular flexibility index (Phi) is 5.39. The van der Waals surface area contributed by atoms with Gasteiger partial charge in [-0.3, -0.25) is 4.90 Å². The monoisotopic (exact) mass is 326 g/mol. The Morgan fingerprint density at radius 2 is 2.32 bits per heavy atom. The minimum Gasteiger partial charge on any atom is -0.377 e. The van der Waals surface area contributed by atoms with Gasteiger partial charge in [-0.15, -0.1) is 0 Å². The van der Waals surface area contributed by atoms with Crippen molar-refractivity contribution in [2.75, 3.05) is 26.2 Å². The quantitative estimate of drug-likeness (QED) is 0.928. The highest BCUT2D eigenvalue weighted by Gasteiger charge is 2.23. The molecule has 0 bridgehead atoms. The minimum absolute atomic E-state index is 0.279. The number of nitrogens with two attached hydrogens (primary N) is 1. The maximum atomic E-state index is 6.02. The average molecular weight is 327 g/mol. The van der Waals surface area contributed by atoms with E-state index in [9.17, 15) is 0 Å². The van der Waals surface area contributed by atoms with Gasteiger partial charge < -0.3 is 10.5 Å². The Hall–Kier alpha value is -0.420. The summed E-state index contributed by atoms with van der Waals surface area (Å²) in [5, 5.41) is 0. The molecule has 4 heteroatoms. The molecule has 3 nitrogen and oxygen atoms in total. The van der Waals surface area contributed by atoms with E-state index in [1.807, 2.05) is 0 Å². The van der Waals surface area contributed by atoms with Crippen LogP contribution in [0, 0.1) is 6.92 Å². The summed E-state index contributed by atoms with van der Waals surface area (Å²) in [7, 11) is 0. The lowest BCUT2D eigenvalue weighted by Crippen LogP contribution is -2.37. The van der Waals surface area contributed by atoms with Crippen LogP contribution in [0.5, 0.6) is 0 Å². The van der Waals surface area contributed by atoms with Crippen molar-refractivity contribution in [1.82, 2.24) is 4.90 Å². The Morgan fingerprint density at radius 1 is 1.53 bits per heavy atom. The second-order valence-corrected chi connectivity index (χ2v) is 6.14. The van der Waals surface area contributed by atoms with E-state index in [0.29, 0.717) is 6.54 Å². The van der Waals surface area contributed by atoms with E-state index in [1.165, 1.54) is 11.1 Å². The first-order valence-electron chi connectivity index (χ1n) is 6.93. The van der Waals surface area contributed by atoms with Gasteiger partial charge in [0, 0.05) is 36.8 Å². The number of hydrogen-bond donors (Lipinski definition) is 1. The van der Waals surface area contributed by atoms with Gasteiger partial charge >= 0.3 is 0 Å². The molecule has 1 aliphatic heterocycles. The van der Waals surface area contributed by atoms with Crippen molar-refractivity contribution in [3.05, 3.63) is 33.8 Å². The van der Waals surface area contributed by atoms with E-state index < -0.39 is 0 Å². The predicted molar refractivity (Wildman–Crippen MR) is 82.3 cm³/mol. The summed E-state index contributed by atoms with van der Waals surface area (Å²) in [6.45, 7) is 7.74. The molecule has 19 heavy (non-hydrogen) atoms. The van der Waals surface area contributed by atoms with Gasteiger partial charge in [-0.05, 0) is 37.5 Å². The van der Waals surface area contributed by atoms with Gasteiger partial charge in [-0.1, -0.05) is 28.1 Å². The van der Waals surface area contributed by atoms with Crippen molar-refractivity contribution in [3.63, 3.8) is 0 Å². The number of aryl methyl sites for hydroxylation is 1. The second-order valence-electron chi connectivity index (χ2n) is 5.29. The van der Waals surface area contributed by atoms with Gasteiger partial charge in [-0.2, -0.15) is 0 Å². The summed E-state index contributed by atoms with van der Waals surface area (Å²) >= 11 is 3.61. The second kappa shape index (κ2) is 6.84. The molecule has 0 aromatic heterocycles. The summed E-state index contributed by atoms with van der Waals surface area (Å²) in [4.78, 5) is 2.45. The predicted octanol–water partition coefficient (Wildman–Crippen LogP) is 2.87. The fourth-order valence-electron chi connectivity index (χ4n) is 2.62. The van der Waals surface area contributed by atoms with Crippen molar-refractivity contribution in [1.29, 1.82) is 0 Å². The molecule has 0 spiro atoms. The van der Waals surface area contributed by atoms with Gasteiger partial charge in [0.05, 0.1) is 6.10 Å². The number of rotatable bonds is 3. The molecule has 0 aliphatic carbocycles. The van der Waals surface area contributed by atoms with Gasteiger partial charge in [0.1, 0.15) is 0 Å². The Bertz CT molecular complexity index is 425.